The number of piperidine rings is 1. The molecule has 2 saturated heterocycles. The second-order valence-electron chi connectivity index (χ2n) is 6.37. The molecule has 2 aliphatic rings. The van der Waals surface area contributed by atoms with Gasteiger partial charge in [0.25, 0.3) is 5.91 Å². The number of halogens is 1. The van der Waals surface area contributed by atoms with Gasteiger partial charge >= 0.3 is 0 Å². The van der Waals surface area contributed by atoms with Crippen LogP contribution in [0.15, 0.2) is 18.2 Å². The van der Waals surface area contributed by atoms with Crippen LogP contribution in [0.4, 0.5) is 4.39 Å². The number of hydrogen-bond acceptors (Lipinski definition) is 3. The van der Waals surface area contributed by atoms with Gasteiger partial charge in [0.15, 0.2) is 0 Å². The van der Waals surface area contributed by atoms with Crippen LogP contribution in [0.5, 0.6) is 5.75 Å². The molecule has 0 bridgehead atoms. The lowest BCUT2D eigenvalue weighted by Gasteiger charge is -2.34. The molecule has 1 aromatic carbocycles. The van der Waals surface area contributed by atoms with Gasteiger partial charge in [-0.05, 0) is 43.4 Å². The number of aromatic hydroxyl groups is 1. The van der Waals surface area contributed by atoms with Crippen molar-refractivity contribution in [3.8, 4) is 5.75 Å². The van der Waals surface area contributed by atoms with Crippen molar-refractivity contribution in [1.29, 1.82) is 0 Å². The van der Waals surface area contributed by atoms with Crippen LogP contribution in [0.2, 0.25) is 0 Å². The predicted molar refractivity (Wildman–Crippen MR) is 82.5 cm³/mol. The molecule has 0 aromatic heterocycles. The van der Waals surface area contributed by atoms with Crippen LogP contribution in [0.25, 0.3) is 0 Å². The largest absolute Gasteiger partial charge is 0.508 e. The Morgan fingerprint density at radius 3 is 2.87 bits per heavy atom. The molecular weight excluding hydrogens is 299 g/mol. The average molecular weight is 320 g/mol. The smallest absolute Gasteiger partial charge is 0.256 e. The van der Waals surface area contributed by atoms with E-state index >= 15 is 0 Å². The summed E-state index contributed by atoms with van der Waals surface area (Å²) in [6.07, 6.45) is 3.33. The van der Waals surface area contributed by atoms with Crippen molar-refractivity contribution in [1.82, 2.24) is 9.80 Å². The second-order valence-corrected chi connectivity index (χ2v) is 6.37. The van der Waals surface area contributed by atoms with Gasteiger partial charge in [0.2, 0.25) is 5.91 Å². The van der Waals surface area contributed by atoms with E-state index in [4.69, 9.17) is 0 Å². The maximum absolute atomic E-state index is 13.8. The van der Waals surface area contributed by atoms with Gasteiger partial charge in [0, 0.05) is 32.6 Å². The van der Waals surface area contributed by atoms with Crippen molar-refractivity contribution < 1.29 is 19.1 Å². The number of likely N-dealkylation sites (tertiary alicyclic amines) is 2. The number of rotatable bonds is 3. The summed E-state index contributed by atoms with van der Waals surface area (Å²) < 4.78 is 13.8. The average Bonchev–Trinajstić information content (AvgIpc) is 2.94. The van der Waals surface area contributed by atoms with Gasteiger partial charge in [-0.2, -0.15) is 0 Å². The molecule has 6 heteroatoms. The Morgan fingerprint density at radius 1 is 1.30 bits per heavy atom. The highest BCUT2D eigenvalue weighted by atomic mass is 19.1. The summed E-state index contributed by atoms with van der Waals surface area (Å²) in [6.45, 7) is 2.58. The van der Waals surface area contributed by atoms with E-state index in [0.717, 1.165) is 31.9 Å². The van der Waals surface area contributed by atoms with Crippen molar-refractivity contribution in [3.63, 3.8) is 0 Å². The number of amides is 2. The third-order valence-electron chi connectivity index (χ3n) is 4.64. The lowest BCUT2D eigenvalue weighted by Crippen LogP contribution is -2.44. The van der Waals surface area contributed by atoms with Crippen LogP contribution in [0.1, 0.15) is 36.0 Å². The summed E-state index contributed by atoms with van der Waals surface area (Å²) >= 11 is 0. The summed E-state index contributed by atoms with van der Waals surface area (Å²) in [6, 6.07) is 3.50. The highest BCUT2D eigenvalue weighted by Gasteiger charge is 2.29. The lowest BCUT2D eigenvalue weighted by molar-refractivity contribution is -0.128. The molecular formula is C17H21FN2O3. The van der Waals surface area contributed by atoms with Crippen molar-refractivity contribution in [2.24, 2.45) is 5.92 Å². The molecule has 5 nitrogen and oxygen atoms in total. The normalized spacial score (nSPS) is 21.8. The standard InChI is InChI=1S/C17H21FN2O3/c18-15-6-5-13(21)9-14(15)17(23)20-8-1-3-12(11-20)10-19-7-2-4-16(19)22/h5-6,9,12,21H,1-4,7-8,10-11H2/t12-/m1/s1. The first-order chi connectivity index (χ1) is 11.0. The lowest BCUT2D eigenvalue weighted by atomic mass is 9.96. The molecule has 3 rings (SSSR count). The molecule has 0 spiro atoms. The number of phenolic OH excluding ortho intramolecular Hbond substituents is 1. The summed E-state index contributed by atoms with van der Waals surface area (Å²) in [5, 5.41) is 9.47. The SMILES string of the molecule is O=C1CCCN1C[C@H]1CCCN(C(=O)c2cc(O)ccc2F)C1. The molecule has 1 atom stereocenters. The van der Waals surface area contributed by atoms with E-state index in [9.17, 15) is 19.1 Å². The summed E-state index contributed by atoms with van der Waals surface area (Å²) in [7, 11) is 0. The molecule has 2 heterocycles. The maximum Gasteiger partial charge on any atom is 0.256 e. The van der Waals surface area contributed by atoms with Gasteiger partial charge in [-0.15, -0.1) is 0 Å². The Bertz CT molecular complexity index is 620. The molecule has 2 fully saturated rings. The first kappa shape index (κ1) is 15.8. The predicted octanol–water partition coefficient (Wildman–Crippen LogP) is 2.01. The minimum atomic E-state index is -0.621. The number of nitrogens with zero attached hydrogens (tertiary/aromatic N) is 2. The highest BCUT2D eigenvalue weighted by molar-refractivity contribution is 5.95. The van der Waals surface area contributed by atoms with E-state index in [2.05, 4.69) is 0 Å². The quantitative estimate of drug-likeness (QED) is 0.927. The zero-order chi connectivity index (χ0) is 16.4. The Balaban J connectivity index is 1.67. The summed E-state index contributed by atoms with van der Waals surface area (Å²) in [5.74, 6) is -0.714. The Kier molecular flexibility index (Phi) is 4.50. The van der Waals surface area contributed by atoms with Crippen LogP contribution in [0, 0.1) is 11.7 Å². The van der Waals surface area contributed by atoms with Gasteiger partial charge in [0.05, 0.1) is 5.56 Å². The van der Waals surface area contributed by atoms with E-state index in [0.29, 0.717) is 26.1 Å². The number of hydrogen-bond donors (Lipinski definition) is 1. The maximum atomic E-state index is 13.8. The monoisotopic (exact) mass is 320 g/mol. The summed E-state index contributed by atoms with van der Waals surface area (Å²) in [4.78, 5) is 27.7. The van der Waals surface area contributed by atoms with Crippen molar-refractivity contribution in [2.45, 2.75) is 25.7 Å². The molecule has 2 aliphatic heterocycles. The molecule has 0 unspecified atom stereocenters. The summed E-state index contributed by atoms with van der Waals surface area (Å²) in [5.41, 5.74) is -0.0945. The number of carbonyl (C=O) groups excluding carboxylic acids is 2. The minimum Gasteiger partial charge on any atom is -0.508 e. The number of carbonyl (C=O) groups is 2. The number of phenols is 1. The Morgan fingerprint density at radius 2 is 2.13 bits per heavy atom. The topological polar surface area (TPSA) is 60.9 Å². The van der Waals surface area contributed by atoms with Gasteiger partial charge in [-0.3, -0.25) is 9.59 Å². The minimum absolute atomic E-state index is 0.0945. The first-order valence-corrected chi connectivity index (χ1v) is 8.10. The molecule has 0 radical (unpaired) electrons. The fourth-order valence-corrected chi connectivity index (χ4v) is 3.45. The van der Waals surface area contributed by atoms with E-state index in [1.807, 2.05) is 4.90 Å². The molecule has 0 aliphatic carbocycles. The van der Waals surface area contributed by atoms with Crippen LogP contribution in [-0.2, 0) is 4.79 Å². The van der Waals surface area contributed by atoms with Gasteiger partial charge in [-0.25, -0.2) is 4.39 Å². The van der Waals surface area contributed by atoms with E-state index < -0.39 is 11.7 Å². The van der Waals surface area contributed by atoms with Crippen molar-refractivity contribution in [2.75, 3.05) is 26.2 Å². The third kappa shape index (κ3) is 3.46. The van der Waals surface area contributed by atoms with Crippen molar-refractivity contribution in [3.05, 3.63) is 29.6 Å². The Labute approximate surface area is 134 Å². The number of benzene rings is 1. The zero-order valence-electron chi connectivity index (χ0n) is 13.0. The highest BCUT2D eigenvalue weighted by Crippen LogP contribution is 2.24. The molecule has 124 valence electrons. The van der Waals surface area contributed by atoms with Crippen LogP contribution >= 0.6 is 0 Å². The van der Waals surface area contributed by atoms with Gasteiger partial charge in [0.1, 0.15) is 11.6 Å². The zero-order valence-corrected chi connectivity index (χ0v) is 13.0. The molecule has 0 saturated carbocycles. The molecule has 1 aromatic rings. The fourth-order valence-electron chi connectivity index (χ4n) is 3.45. The van der Waals surface area contributed by atoms with Crippen molar-refractivity contribution >= 4 is 11.8 Å². The molecule has 23 heavy (non-hydrogen) atoms. The van der Waals surface area contributed by atoms with Crippen LogP contribution in [-0.4, -0.2) is 52.9 Å². The third-order valence-corrected chi connectivity index (χ3v) is 4.64. The van der Waals surface area contributed by atoms with E-state index in [-0.39, 0.29) is 23.1 Å². The molecule has 1 N–H and O–H groups in total. The molecule has 2 amide bonds. The van der Waals surface area contributed by atoms with Gasteiger partial charge < -0.3 is 14.9 Å². The van der Waals surface area contributed by atoms with Crippen LogP contribution < -0.4 is 0 Å². The van der Waals surface area contributed by atoms with E-state index in [1.54, 1.807) is 4.90 Å². The Hall–Kier alpha value is -2.11. The van der Waals surface area contributed by atoms with Gasteiger partial charge in [-0.1, -0.05) is 0 Å². The van der Waals surface area contributed by atoms with Crippen LogP contribution in [0.3, 0.4) is 0 Å². The van der Waals surface area contributed by atoms with E-state index in [1.165, 1.54) is 12.1 Å². The first-order valence-electron chi connectivity index (χ1n) is 8.10. The fraction of sp³-hybridized carbons (Fsp3) is 0.529. The second kappa shape index (κ2) is 6.56.